The molecule has 112 valence electrons. The molecule has 0 bridgehead atoms. The van der Waals surface area contributed by atoms with Gasteiger partial charge in [-0.15, -0.1) is 0 Å². The average Bonchev–Trinajstić information content (AvgIpc) is 2.86. The van der Waals surface area contributed by atoms with Crippen LogP contribution >= 0.6 is 0 Å². The maximum absolute atomic E-state index is 11.3. The molecule has 4 heteroatoms. The van der Waals surface area contributed by atoms with E-state index in [1.54, 1.807) is 6.92 Å². The van der Waals surface area contributed by atoms with Gasteiger partial charge in [0, 0.05) is 17.8 Å². The van der Waals surface area contributed by atoms with Crippen LogP contribution in [0.15, 0.2) is 24.3 Å². The van der Waals surface area contributed by atoms with Crippen LogP contribution in [0.3, 0.4) is 0 Å². The van der Waals surface area contributed by atoms with Crippen LogP contribution in [-0.2, 0) is 21.6 Å². The van der Waals surface area contributed by atoms with Crippen molar-refractivity contribution in [1.82, 2.24) is 10.3 Å². The molecule has 0 saturated carbocycles. The number of amides is 1. The largest absolute Gasteiger partial charge is 0.367 e. The summed E-state index contributed by atoms with van der Waals surface area (Å²) in [6.07, 6.45) is 2.83. The number of hydrogen-bond acceptors (Lipinski definition) is 2. The molecule has 1 aromatic heterocycles. The smallest absolute Gasteiger partial charge is 0.216 e. The monoisotopic (exact) mass is 286 g/mol. The van der Waals surface area contributed by atoms with Crippen LogP contribution in [0.25, 0.3) is 10.9 Å². The summed E-state index contributed by atoms with van der Waals surface area (Å²) in [6, 6.07) is 8.37. The van der Waals surface area contributed by atoms with Gasteiger partial charge in [0.15, 0.2) is 0 Å². The zero-order chi connectivity index (χ0) is 14.9. The number of H-pyrrole nitrogens is 1. The van der Waals surface area contributed by atoms with E-state index in [0.717, 1.165) is 30.5 Å². The van der Waals surface area contributed by atoms with E-state index in [9.17, 15) is 4.79 Å². The lowest BCUT2D eigenvalue weighted by molar-refractivity contribution is -0.122. The Kier molecular flexibility index (Phi) is 3.72. The van der Waals surface area contributed by atoms with Crippen LogP contribution in [0, 0.1) is 0 Å². The number of fused-ring (bicyclic) bond motifs is 3. The molecular formula is C17H22N2O2. The molecule has 1 aromatic carbocycles. The molecule has 0 spiro atoms. The molecule has 0 aliphatic carbocycles. The fourth-order valence-electron chi connectivity index (χ4n) is 3.37. The van der Waals surface area contributed by atoms with E-state index in [2.05, 4.69) is 35.4 Å². The molecular weight excluding hydrogens is 264 g/mol. The van der Waals surface area contributed by atoms with E-state index < -0.39 is 5.60 Å². The van der Waals surface area contributed by atoms with E-state index in [1.165, 1.54) is 10.9 Å². The van der Waals surface area contributed by atoms with Crippen LogP contribution in [0.1, 0.15) is 37.9 Å². The lowest BCUT2D eigenvalue weighted by Crippen LogP contribution is -2.45. The Labute approximate surface area is 124 Å². The summed E-state index contributed by atoms with van der Waals surface area (Å²) in [4.78, 5) is 14.9. The summed E-state index contributed by atoms with van der Waals surface area (Å²) in [5, 5.41) is 4.22. The van der Waals surface area contributed by atoms with Crippen LogP contribution in [-0.4, -0.2) is 24.0 Å². The second kappa shape index (κ2) is 5.53. The summed E-state index contributed by atoms with van der Waals surface area (Å²) in [5.74, 6) is -0.0164. The molecule has 1 amide bonds. The molecule has 0 saturated heterocycles. The highest BCUT2D eigenvalue weighted by Gasteiger charge is 2.39. The summed E-state index contributed by atoms with van der Waals surface area (Å²) >= 11 is 0. The molecule has 2 heterocycles. The Morgan fingerprint density at radius 2 is 2.24 bits per heavy atom. The highest BCUT2D eigenvalue weighted by Crippen LogP contribution is 2.39. The minimum atomic E-state index is -0.424. The van der Waals surface area contributed by atoms with Crippen molar-refractivity contribution in [3.05, 3.63) is 35.5 Å². The summed E-state index contributed by atoms with van der Waals surface area (Å²) in [6.45, 7) is 4.93. The summed E-state index contributed by atoms with van der Waals surface area (Å²) in [7, 11) is 0. The quantitative estimate of drug-likeness (QED) is 0.908. The van der Waals surface area contributed by atoms with Crippen LogP contribution < -0.4 is 5.32 Å². The zero-order valence-electron chi connectivity index (χ0n) is 12.7. The second-order valence-electron chi connectivity index (χ2n) is 5.78. The Morgan fingerprint density at radius 1 is 1.43 bits per heavy atom. The van der Waals surface area contributed by atoms with Gasteiger partial charge in [0.1, 0.15) is 5.60 Å². The van der Waals surface area contributed by atoms with E-state index in [1.807, 2.05) is 6.07 Å². The topological polar surface area (TPSA) is 54.1 Å². The number of nitrogens with one attached hydrogen (secondary N) is 2. The molecule has 1 atom stereocenters. The third-order valence-corrected chi connectivity index (χ3v) is 4.28. The Balaban J connectivity index is 2.09. The maximum Gasteiger partial charge on any atom is 0.216 e. The predicted octanol–water partition coefficient (Wildman–Crippen LogP) is 2.87. The number of carbonyl (C=O) groups is 1. The van der Waals surface area contributed by atoms with Gasteiger partial charge in [0.25, 0.3) is 0 Å². The lowest BCUT2D eigenvalue weighted by Gasteiger charge is -2.37. The van der Waals surface area contributed by atoms with Gasteiger partial charge in [0.05, 0.1) is 18.8 Å². The molecule has 0 radical (unpaired) electrons. The number of hydrogen-bond donors (Lipinski definition) is 2. The number of para-hydroxylation sites is 1. The molecule has 3 rings (SSSR count). The van der Waals surface area contributed by atoms with Gasteiger partial charge in [-0.1, -0.05) is 31.5 Å². The number of rotatable bonds is 4. The molecule has 0 fully saturated rings. The van der Waals surface area contributed by atoms with Gasteiger partial charge in [-0.05, 0) is 24.5 Å². The molecule has 21 heavy (non-hydrogen) atoms. The molecule has 2 N–H and O–H groups in total. The number of ether oxygens (including phenoxy) is 1. The number of benzene rings is 1. The summed E-state index contributed by atoms with van der Waals surface area (Å²) < 4.78 is 6.17. The van der Waals surface area contributed by atoms with Crippen molar-refractivity contribution < 1.29 is 9.53 Å². The first-order valence-electron chi connectivity index (χ1n) is 7.65. The minimum absolute atomic E-state index is 0.0164. The van der Waals surface area contributed by atoms with Crippen molar-refractivity contribution in [1.29, 1.82) is 0 Å². The zero-order valence-corrected chi connectivity index (χ0v) is 12.7. The highest BCUT2D eigenvalue weighted by molar-refractivity contribution is 5.85. The van der Waals surface area contributed by atoms with E-state index in [-0.39, 0.29) is 5.91 Å². The van der Waals surface area contributed by atoms with Gasteiger partial charge in [-0.25, -0.2) is 0 Å². The van der Waals surface area contributed by atoms with Crippen LogP contribution in [0.4, 0.5) is 0 Å². The van der Waals surface area contributed by atoms with Crippen molar-refractivity contribution in [2.75, 3.05) is 13.2 Å². The number of aromatic amines is 1. The summed E-state index contributed by atoms with van der Waals surface area (Å²) in [5.41, 5.74) is 3.21. The Morgan fingerprint density at radius 3 is 3.00 bits per heavy atom. The maximum atomic E-state index is 11.3. The predicted molar refractivity (Wildman–Crippen MR) is 83.2 cm³/mol. The number of aromatic nitrogens is 1. The van der Waals surface area contributed by atoms with Crippen LogP contribution in [0.5, 0.6) is 0 Å². The number of carbonyl (C=O) groups excluding carboxylic acids is 1. The van der Waals surface area contributed by atoms with Crippen molar-refractivity contribution in [3.8, 4) is 0 Å². The minimum Gasteiger partial charge on any atom is -0.367 e. The normalized spacial score (nSPS) is 21.2. The van der Waals surface area contributed by atoms with Gasteiger partial charge in [-0.3, -0.25) is 4.79 Å². The standard InChI is InChI=1S/C17H22N2O2/c1-3-9-17(11-18-12(2)20)16-14(8-10-21-17)13-6-4-5-7-15(13)19-16/h4-7,19H,3,8-11H2,1-2H3,(H,18,20). The highest BCUT2D eigenvalue weighted by atomic mass is 16.5. The molecule has 1 aliphatic rings. The fraction of sp³-hybridized carbons (Fsp3) is 0.471. The SMILES string of the molecule is CCCC1(CNC(C)=O)OCCc2c1[nH]c1ccccc21. The van der Waals surface area contributed by atoms with E-state index in [4.69, 9.17) is 4.74 Å². The van der Waals surface area contributed by atoms with E-state index >= 15 is 0 Å². The third-order valence-electron chi connectivity index (χ3n) is 4.28. The van der Waals surface area contributed by atoms with Gasteiger partial charge in [-0.2, -0.15) is 0 Å². The molecule has 1 unspecified atom stereocenters. The van der Waals surface area contributed by atoms with Crippen molar-refractivity contribution in [2.45, 2.75) is 38.7 Å². The van der Waals surface area contributed by atoms with E-state index in [0.29, 0.717) is 13.2 Å². The molecule has 4 nitrogen and oxygen atoms in total. The Hall–Kier alpha value is -1.81. The van der Waals surface area contributed by atoms with Crippen molar-refractivity contribution >= 4 is 16.8 Å². The van der Waals surface area contributed by atoms with Gasteiger partial charge >= 0.3 is 0 Å². The first-order valence-corrected chi connectivity index (χ1v) is 7.65. The first kappa shape index (κ1) is 14.1. The van der Waals surface area contributed by atoms with Crippen LogP contribution in [0.2, 0.25) is 0 Å². The first-order chi connectivity index (χ1) is 10.2. The molecule has 2 aromatic rings. The third kappa shape index (κ3) is 2.44. The lowest BCUT2D eigenvalue weighted by atomic mass is 9.87. The second-order valence-corrected chi connectivity index (χ2v) is 5.78. The van der Waals surface area contributed by atoms with Crippen molar-refractivity contribution in [2.24, 2.45) is 0 Å². The Bertz CT molecular complexity index is 662. The van der Waals surface area contributed by atoms with Gasteiger partial charge in [0.2, 0.25) is 5.91 Å². The average molecular weight is 286 g/mol. The fourth-order valence-corrected chi connectivity index (χ4v) is 3.37. The van der Waals surface area contributed by atoms with Gasteiger partial charge < -0.3 is 15.0 Å². The van der Waals surface area contributed by atoms with Crippen molar-refractivity contribution in [3.63, 3.8) is 0 Å². The molecule has 1 aliphatic heterocycles.